The van der Waals surface area contributed by atoms with Gasteiger partial charge in [0.25, 0.3) is 0 Å². The second-order valence-electron chi connectivity index (χ2n) is 2.66. The molecule has 0 spiro atoms. The van der Waals surface area contributed by atoms with Crippen molar-refractivity contribution >= 4 is 89.2 Å². The van der Waals surface area contributed by atoms with Crippen molar-refractivity contribution in [1.29, 1.82) is 0 Å². The van der Waals surface area contributed by atoms with Crippen LogP contribution in [0.3, 0.4) is 0 Å². The van der Waals surface area contributed by atoms with Gasteiger partial charge >= 0.3 is 34.1 Å². The first-order chi connectivity index (χ1) is 9.36. The summed E-state index contributed by atoms with van der Waals surface area (Å²) in [6.07, 6.45) is 0. The average Bonchev–Trinajstić information content (AvgIpc) is 2.48. The largest absolute Gasteiger partial charge is 3.00 e. The van der Waals surface area contributed by atoms with E-state index in [9.17, 15) is 0 Å². The monoisotopic (exact) mass is 536 g/mol. The molecule has 137 valence electrons. The summed E-state index contributed by atoms with van der Waals surface area (Å²) in [6.45, 7) is 0. The molecule has 0 N–H and O–H groups in total. The smallest absolute Gasteiger partial charge is 0.260 e. The van der Waals surface area contributed by atoms with Crippen molar-refractivity contribution in [1.82, 2.24) is 0 Å². The van der Waals surface area contributed by atoms with Crippen molar-refractivity contribution in [3.05, 3.63) is 0 Å². The number of hydrogen-bond acceptors (Lipinski definition) is 6. The maximum absolute atomic E-state index is 4.75. The maximum atomic E-state index is 4.75. The predicted octanol–water partition coefficient (Wildman–Crippen LogP) is 0.740. The van der Waals surface area contributed by atoms with Crippen LogP contribution < -0.4 is 0 Å². The molecule has 0 rings (SSSR count). The summed E-state index contributed by atoms with van der Waals surface area (Å²) >= 11 is 21.4. The Morgan fingerprint density at radius 2 is 0.591 bits per heavy atom. The summed E-state index contributed by atoms with van der Waals surface area (Å²) in [6, 6.07) is 0. The molecule has 0 unspecified atom stereocenters. The van der Waals surface area contributed by atoms with E-state index in [-0.39, 0.29) is 17.1 Å². The molecule has 0 atom stereocenters. The molecule has 0 saturated heterocycles. The van der Waals surface area contributed by atoms with E-state index >= 15 is 0 Å². The van der Waals surface area contributed by atoms with E-state index in [1.165, 1.54) is 42.7 Å². The molecule has 0 heterocycles. The van der Waals surface area contributed by atoms with Crippen LogP contribution in [0, 0.1) is 0 Å². The zero-order valence-electron chi connectivity index (χ0n) is 13.0. The molecular formula is C6H27FeO6P3S6+9. The van der Waals surface area contributed by atoms with E-state index in [1.807, 2.05) is 0 Å². The maximum Gasteiger partial charge on any atom is 3.00 e. The normalized spacial score (nSPS) is 11.3. The van der Waals surface area contributed by atoms with Gasteiger partial charge in [-0.05, 0) is 0 Å². The molecule has 0 bridgehead atoms. The summed E-state index contributed by atoms with van der Waals surface area (Å²) < 4.78 is 28.5. The van der Waals surface area contributed by atoms with Gasteiger partial charge in [0.1, 0.15) is 0 Å². The second kappa shape index (κ2) is 17.7. The first-order valence-electron chi connectivity index (χ1n) is 4.82. The molecule has 16 heteroatoms. The minimum atomic E-state index is -1.90. The van der Waals surface area contributed by atoms with Crippen LogP contribution in [-0.4, -0.2) is 42.7 Å². The Balaban J connectivity index is -0.000000108. The average molecular weight is 536 g/mol. The van der Waals surface area contributed by atoms with Crippen LogP contribution in [0.15, 0.2) is 0 Å². The third-order valence-corrected chi connectivity index (χ3v) is 10.7. The van der Waals surface area contributed by atoms with Crippen molar-refractivity contribution in [3.8, 4) is 0 Å². The van der Waals surface area contributed by atoms with Gasteiger partial charge in [0.2, 0.25) is 35.4 Å². The fraction of sp³-hybridized carbons (Fsp3) is 1.00. The third-order valence-electron chi connectivity index (χ3n) is 1.48. The molecule has 0 aliphatic rings. The van der Waals surface area contributed by atoms with Gasteiger partial charge in [-0.1, -0.05) is 0 Å². The van der Waals surface area contributed by atoms with E-state index in [4.69, 9.17) is 27.1 Å². The van der Waals surface area contributed by atoms with Gasteiger partial charge in [-0.15, -0.1) is 0 Å². The number of thiol groups is 3. The van der Waals surface area contributed by atoms with Crippen LogP contribution >= 0.6 is 17.1 Å². The van der Waals surface area contributed by atoms with Gasteiger partial charge in [-0.25, -0.2) is 0 Å². The van der Waals surface area contributed by atoms with Crippen molar-refractivity contribution in [2.75, 3.05) is 42.7 Å². The van der Waals surface area contributed by atoms with Crippen LogP contribution in [0.25, 0.3) is 0 Å². The molecule has 0 fully saturated rings. The molecule has 0 aliphatic carbocycles. The molecule has 0 saturated carbocycles. The molecule has 22 heavy (non-hydrogen) atoms. The molecule has 0 aromatic rings. The van der Waals surface area contributed by atoms with Crippen molar-refractivity contribution in [2.24, 2.45) is 0 Å². The number of hydrogen-bond donors (Lipinski definition) is 0. The van der Waals surface area contributed by atoms with Gasteiger partial charge in [-0.3, -0.25) is 27.1 Å². The predicted molar refractivity (Wildman–Crippen MR) is 120 cm³/mol. The summed E-state index contributed by atoms with van der Waals surface area (Å²) in [7, 11) is 9.23. The molecular weight excluding hydrogens is 509 g/mol. The fourth-order valence-corrected chi connectivity index (χ4v) is 0.671. The van der Waals surface area contributed by atoms with Gasteiger partial charge < -0.3 is 0 Å². The van der Waals surface area contributed by atoms with E-state index in [1.54, 1.807) is 0 Å². The zero-order chi connectivity index (χ0) is 17.7. The summed E-state index contributed by atoms with van der Waals surface area (Å²) in [4.78, 5) is 0. The molecule has 6 nitrogen and oxygen atoms in total. The molecule has 0 aromatic carbocycles. The molecule has 0 aliphatic heterocycles. The quantitative estimate of drug-likeness (QED) is 0.216. The zero-order valence-corrected chi connectivity index (χ0v) is 22.5. The molecule has 0 amide bonds. The standard InChI is InChI=1S/3C2H7O2PS2.Fe/c3*1-3-5(6,7)4-2;/h3*1-2H3,(H,6,7);/q;;;+3/p+6. The van der Waals surface area contributed by atoms with Crippen LogP contribution in [0.2, 0.25) is 0 Å². The summed E-state index contributed by atoms with van der Waals surface area (Å²) in [5.41, 5.74) is -5.71. The topological polar surface area (TPSA) is 55.4 Å². The fourth-order valence-electron chi connectivity index (χ4n) is 0.224. The molecule has 0 aromatic heterocycles. The van der Waals surface area contributed by atoms with Crippen molar-refractivity contribution < 1.29 is 44.2 Å². The van der Waals surface area contributed by atoms with Crippen molar-refractivity contribution in [2.45, 2.75) is 0 Å². The first-order valence-corrected chi connectivity index (χ1v) is 17.2. The van der Waals surface area contributed by atoms with Gasteiger partial charge in [-0.2, -0.15) is 0 Å². The third kappa shape index (κ3) is 25.5. The van der Waals surface area contributed by atoms with Crippen molar-refractivity contribution in [3.63, 3.8) is 0 Å². The van der Waals surface area contributed by atoms with Gasteiger partial charge in [0.05, 0.1) is 79.4 Å². The summed E-state index contributed by atoms with van der Waals surface area (Å²) in [5, 5.41) is 0. The van der Waals surface area contributed by atoms with Crippen LogP contribution in [-0.2, 0) is 116 Å². The Labute approximate surface area is 174 Å². The SMILES string of the molecule is COP(=[SH+])([SH2+])OC.COP(=[SH+])([SH2+])OC.COP(=[SH+])([SH2+])OC.[Fe+3]. The minimum Gasteiger partial charge on any atom is -0.260 e. The van der Waals surface area contributed by atoms with E-state index in [2.05, 4.69) is 72.2 Å². The Morgan fingerprint density at radius 1 is 0.500 bits per heavy atom. The van der Waals surface area contributed by atoms with Crippen LogP contribution in [0.4, 0.5) is 0 Å². The van der Waals surface area contributed by atoms with E-state index in [0.29, 0.717) is 0 Å². The summed E-state index contributed by atoms with van der Waals surface area (Å²) in [5.74, 6) is 0. The number of rotatable bonds is 6. The Hall–Kier alpha value is 3.28. The van der Waals surface area contributed by atoms with E-state index < -0.39 is 17.1 Å². The molecule has 1 radical (unpaired) electrons. The van der Waals surface area contributed by atoms with E-state index in [0.717, 1.165) is 0 Å². The van der Waals surface area contributed by atoms with Gasteiger partial charge in [0, 0.05) is 0 Å². The minimum absolute atomic E-state index is 0. The van der Waals surface area contributed by atoms with Crippen LogP contribution in [0.1, 0.15) is 0 Å². The van der Waals surface area contributed by atoms with Gasteiger partial charge in [0.15, 0.2) is 0 Å². The second-order valence-corrected chi connectivity index (χ2v) is 21.4. The van der Waals surface area contributed by atoms with Crippen LogP contribution in [0.5, 0.6) is 0 Å². The Morgan fingerprint density at radius 3 is 0.591 bits per heavy atom. The Kier molecular flexibility index (Phi) is 26.4. The Bertz CT molecular complexity index is 320. The first kappa shape index (κ1) is 32.9.